The van der Waals surface area contributed by atoms with Crippen LogP contribution in [-0.2, 0) is 9.53 Å². The van der Waals surface area contributed by atoms with Crippen molar-refractivity contribution in [3.63, 3.8) is 0 Å². The Kier molecular flexibility index (Phi) is 6.13. The zero-order valence-electron chi connectivity index (χ0n) is 12.2. The van der Waals surface area contributed by atoms with Crippen LogP contribution in [0.25, 0.3) is 0 Å². The van der Waals surface area contributed by atoms with E-state index in [2.05, 4.69) is 20.8 Å². The fourth-order valence-electron chi connectivity index (χ4n) is 2.55. The Labute approximate surface area is 111 Å². The second-order valence-corrected chi connectivity index (χ2v) is 6.57. The molecule has 1 aliphatic rings. The molecule has 0 bridgehead atoms. The van der Waals surface area contributed by atoms with Crippen LogP contribution in [0.2, 0.25) is 0 Å². The first kappa shape index (κ1) is 15.5. The Morgan fingerprint density at radius 1 is 1.22 bits per heavy atom. The topological polar surface area (TPSA) is 52.3 Å². The average Bonchev–Trinajstić information content (AvgIpc) is 2.30. The molecule has 2 N–H and O–H groups in total. The number of carbonyl (C=O) groups is 1. The van der Waals surface area contributed by atoms with Gasteiger partial charge in [0.2, 0.25) is 0 Å². The molecule has 0 aromatic heterocycles. The summed E-state index contributed by atoms with van der Waals surface area (Å²) in [6.45, 7) is 7.28. The summed E-state index contributed by atoms with van der Waals surface area (Å²) in [6, 6.07) is 0. The van der Waals surface area contributed by atoms with E-state index < -0.39 is 0 Å². The van der Waals surface area contributed by atoms with E-state index in [0.717, 1.165) is 31.6 Å². The van der Waals surface area contributed by atoms with Crippen LogP contribution in [0.3, 0.4) is 0 Å². The van der Waals surface area contributed by atoms with Crippen LogP contribution >= 0.6 is 0 Å². The molecule has 0 aromatic rings. The van der Waals surface area contributed by atoms with Crippen LogP contribution in [0.1, 0.15) is 65.7 Å². The standard InChI is InChI=1S/C15H29NO2/c1-12-4-6-13(7-5-12)18-14(17)8-9-15(2,3)10-11-16/h12-13H,4-11,16H2,1-3H3. The van der Waals surface area contributed by atoms with E-state index in [0.29, 0.717) is 13.0 Å². The molecule has 1 fully saturated rings. The van der Waals surface area contributed by atoms with Crippen LogP contribution in [0.4, 0.5) is 0 Å². The lowest BCUT2D eigenvalue weighted by Crippen LogP contribution is -2.25. The van der Waals surface area contributed by atoms with E-state index in [1.165, 1.54) is 12.8 Å². The van der Waals surface area contributed by atoms with Gasteiger partial charge in [0, 0.05) is 6.42 Å². The third kappa shape index (κ3) is 5.85. The Balaban J connectivity index is 2.21. The van der Waals surface area contributed by atoms with Gasteiger partial charge in [-0.25, -0.2) is 0 Å². The first-order chi connectivity index (χ1) is 8.43. The first-order valence-electron chi connectivity index (χ1n) is 7.32. The van der Waals surface area contributed by atoms with Gasteiger partial charge in [-0.15, -0.1) is 0 Å². The minimum Gasteiger partial charge on any atom is -0.462 e. The van der Waals surface area contributed by atoms with Crippen molar-refractivity contribution in [3.05, 3.63) is 0 Å². The average molecular weight is 255 g/mol. The lowest BCUT2D eigenvalue weighted by atomic mass is 9.84. The summed E-state index contributed by atoms with van der Waals surface area (Å²) in [4.78, 5) is 11.8. The monoisotopic (exact) mass is 255 g/mol. The molecule has 106 valence electrons. The highest BCUT2D eigenvalue weighted by atomic mass is 16.5. The van der Waals surface area contributed by atoms with Gasteiger partial charge in [0.25, 0.3) is 0 Å². The summed E-state index contributed by atoms with van der Waals surface area (Å²) in [6.07, 6.45) is 6.99. The van der Waals surface area contributed by atoms with E-state index in [4.69, 9.17) is 10.5 Å². The number of hydrogen-bond acceptors (Lipinski definition) is 3. The summed E-state index contributed by atoms with van der Waals surface area (Å²) in [5.74, 6) is 0.767. The zero-order valence-corrected chi connectivity index (χ0v) is 12.2. The number of esters is 1. The molecule has 0 amide bonds. The smallest absolute Gasteiger partial charge is 0.306 e. The number of nitrogens with two attached hydrogens (primary N) is 1. The SMILES string of the molecule is CC1CCC(OC(=O)CCC(C)(C)CCN)CC1. The second kappa shape index (κ2) is 7.13. The third-order valence-corrected chi connectivity index (χ3v) is 4.09. The molecule has 0 aromatic carbocycles. The fraction of sp³-hybridized carbons (Fsp3) is 0.933. The van der Waals surface area contributed by atoms with Crippen molar-refractivity contribution in [1.82, 2.24) is 0 Å². The van der Waals surface area contributed by atoms with Gasteiger partial charge in [-0.2, -0.15) is 0 Å². The van der Waals surface area contributed by atoms with Gasteiger partial charge in [-0.05, 0) is 56.4 Å². The van der Waals surface area contributed by atoms with Gasteiger partial charge >= 0.3 is 5.97 Å². The number of rotatable bonds is 6. The second-order valence-electron chi connectivity index (χ2n) is 6.57. The maximum Gasteiger partial charge on any atom is 0.306 e. The van der Waals surface area contributed by atoms with Crippen LogP contribution in [-0.4, -0.2) is 18.6 Å². The van der Waals surface area contributed by atoms with Crippen molar-refractivity contribution in [1.29, 1.82) is 0 Å². The Hall–Kier alpha value is -0.570. The van der Waals surface area contributed by atoms with E-state index in [1.54, 1.807) is 0 Å². The summed E-state index contributed by atoms with van der Waals surface area (Å²) in [5, 5.41) is 0. The van der Waals surface area contributed by atoms with E-state index in [9.17, 15) is 4.79 Å². The van der Waals surface area contributed by atoms with Gasteiger partial charge in [0.1, 0.15) is 6.10 Å². The summed E-state index contributed by atoms with van der Waals surface area (Å²) in [5.41, 5.74) is 5.71. The first-order valence-corrected chi connectivity index (χ1v) is 7.32. The molecule has 1 aliphatic carbocycles. The Morgan fingerprint density at radius 3 is 2.39 bits per heavy atom. The van der Waals surface area contributed by atoms with Gasteiger partial charge < -0.3 is 10.5 Å². The normalized spacial score (nSPS) is 24.9. The highest BCUT2D eigenvalue weighted by Crippen LogP contribution is 2.28. The van der Waals surface area contributed by atoms with Crippen molar-refractivity contribution in [2.75, 3.05) is 6.54 Å². The highest BCUT2D eigenvalue weighted by molar-refractivity contribution is 5.69. The molecule has 0 radical (unpaired) electrons. The molecule has 0 atom stereocenters. The summed E-state index contributed by atoms with van der Waals surface area (Å²) >= 11 is 0. The summed E-state index contributed by atoms with van der Waals surface area (Å²) in [7, 11) is 0. The highest BCUT2D eigenvalue weighted by Gasteiger charge is 2.23. The minimum atomic E-state index is -0.0281. The summed E-state index contributed by atoms with van der Waals surface area (Å²) < 4.78 is 5.54. The predicted octanol–water partition coefficient (Wildman–Crippen LogP) is 3.26. The largest absolute Gasteiger partial charge is 0.462 e. The van der Waals surface area contributed by atoms with Crippen molar-refractivity contribution in [2.24, 2.45) is 17.1 Å². The van der Waals surface area contributed by atoms with Gasteiger partial charge in [-0.3, -0.25) is 4.79 Å². The van der Waals surface area contributed by atoms with Gasteiger partial charge in [0.15, 0.2) is 0 Å². The quantitative estimate of drug-likeness (QED) is 0.741. The molecule has 0 heterocycles. The molecule has 0 saturated heterocycles. The lowest BCUT2D eigenvalue weighted by molar-refractivity contribution is -0.151. The van der Waals surface area contributed by atoms with Crippen molar-refractivity contribution >= 4 is 5.97 Å². The van der Waals surface area contributed by atoms with Gasteiger partial charge in [-0.1, -0.05) is 20.8 Å². The molecule has 0 aliphatic heterocycles. The fourth-order valence-corrected chi connectivity index (χ4v) is 2.55. The minimum absolute atomic E-state index is 0.0281. The van der Waals surface area contributed by atoms with Crippen LogP contribution in [0.15, 0.2) is 0 Å². The third-order valence-electron chi connectivity index (χ3n) is 4.09. The molecule has 18 heavy (non-hydrogen) atoms. The zero-order chi connectivity index (χ0) is 13.6. The molecule has 3 nitrogen and oxygen atoms in total. The molecular weight excluding hydrogens is 226 g/mol. The Morgan fingerprint density at radius 2 is 1.83 bits per heavy atom. The predicted molar refractivity (Wildman–Crippen MR) is 74.2 cm³/mol. The van der Waals surface area contributed by atoms with Crippen LogP contribution < -0.4 is 5.73 Å². The molecular formula is C15H29NO2. The van der Waals surface area contributed by atoms with Gasteiger partial charge in [0.05, 0.1) is 0 Å². The van der Waals surface area contributed by atoms with E-state index in [-0.39, 0.29) is 17.5 Å². The number of carbonyl (C=O) groups excluding carboxylic acids is 1. The molecule has 1 saturated carbocycles. The van der Waals surface area contributed by atoms with Crippen LogP contribution in [0.5, 0.6) is 0 Å². The molecule has 1 rings (SSSR count). The van der Waals surface area contributed by atoms with E-state index in [1.807, 2.05) is 0 Å². The van der Waals surface area contributed by atoms with Crippen molar-refractivity contribution < 1.29 is 9.53 Å². The number of hydrogen-bond donors (Lipinski definition) is 1. The Bertz CT molecular complexity index is 255. The molecule has 0 spiro atoms. The van der Waals surface area contributed by atoms with E-state index >= 15 is 0 Å². The van der Waals surface area contributed by atoms with Crippen LogP contribution in [0, 0.1) is 11.3 Å². The van der Waals surface area contributed by atoms with Crippen molar-refractivity contribution in [2.45, 2.75) is 71.8 Å². The van der Waals surface area contributed by atoms with Crippen molar-refractivity contribution in [3.8, 4) is 0 Å². The number of ether oxygens (including phenoxy) is 1. The maximum atomic E-state index is 11.8. The lowest BCUT2D eigenvalue weighted by Gasteiger charge is -2.27. The molecule has 0 unspecified atom stereocenters. The maximum absolute atomic E-state index is 11.8. The molecule has 3 heteroatoms.